The second kappa shape index (κ2) is 14.3. The van der Waals surface area contributed by atoms with Crippen LogP contribution >= 0.6 is 0 Å². The van der Waals surface area contributed by atoms with Crippen molar-refractivity contribution in [2.45, 2.75) is 64.7 Å². The first-order valence-corrected chi connectivity index (χ1v) is 9.74. The highest BCUT2D eigenvalue weighted by atomic mass is 16.5. The summed E-state index contributed by atoms with van der Waals surface area (Å²) in [5.41, 5.74) is 0.424. The molecule has 1 aromatic rings. The minimum Gasteiger partial charge on any atom is -0.462 e. The molecule has 0 unspecified atom stereocenters. The van der Waals surface area contributed by atoms with Crippen LogP contribution in [0.5, 0.6) is 0 Å². The zero-order chi connectivity index (χ0) is 19.0. The lowest BCUT2D eigenvalue weighted by Crippen LogP contribution is -2.15. The van der Waals surface area contributed by atoms with Crippen molar-refractivity contribution in [1.29, 1.82) is 0 Å². The summed E-state index contributed by atoms with van der Waals surface area (Å²) in [5.74, 6) is -1.07. The number of hydrogen-bond acceptors (Lipinski definition) is 5. The number of esters is 2. The maximum absolute atomic E-state index is 12.2. The Bertz CT molecular complexity index is 527. The van der Waals surface area contributed by atoms with Gasteiger partial charge in [0.1, 0.15) is 0 Å². The van der Waals surface area contributed by atoms with Crippen LogP contribution in [-0.2, 0) is 9.47 Å². The van der Waals surface area contributed by atoms with E-state index in [2.05, 4.69) is 6.92 Å². The summed E-state index contributed by atoms with van der Waals surface area (Å²) in [6.07, 6.45) is 9.79. The maximum Gasteiger partial charge on any atom is 0.339 e. The molecule has 0 aliphatic heterocycles. The second-order valence-electron chi connectivity index (χ2n) is 6.37. The van der Waals surface area contributed by atoms with E-state index < -0.39 is 11.9 Å². The van der Waals surface area contributed by atoms with Crippen LogP contribution in [0.25, 0.3) is 0 Å². The molecule has 0 amide bonds. The van der Waals surface area contributed by atoms with Crippen molar-refractivity contribution < 1.29 is 24.2 Å². The highest BCUT2D eigenvalue weighted by Crippen LogP contribution is 2.13. The van der Waals surface area contributed by atoms with Gasteiger partial charge in [0.15, 0.2) is 0 Å². The van der Waals surface area contributed by atoms with E-state index in [-0.39, 0.29) is 24.3 Å². The fourth-order valence-electron chi connectivity index (χ4n) is 2.62. The van der Waals surface area contributed by atoms with Crippen molar-refractivity contribution >= 4 is 11.9 Å². The van der Waals surface area contributed by atoms with Crippen LogP contribution in [0.4, 0.5) is 0 Å². The molecule has 1 rings (SSSR count). The molecule has 5 nitrogen and oxygen atoms in total. The molecule has 1 N–H and O–H groups in total. The lowest BCUT2D eigenvalue weighted by atomic mass is 10.1. The average molecular weight is 364 g/mol. The van der Waals surface area contributed by atoms with E-state index in [1.807, 2.05) is 0 Å². The summed E-state index contributed by atoms with van der Waals surface area (Å²) in [6.45, 7) is 2.65. The summed E-state index contributed by atoms with van der Waals surface area (Å²) < 4.78 is 10.4. The van der Waals surface area contributed by atoms with Gasteiger partial charge in [-0.3, -0.25) is 0 Å². The molecule has 1 aromatic carbocycles. The first-order chi connectivity index (χ1) is 12.7. The zero-order valence-corrected chi connectivity index (χ0v) is 15.9. The van der Waals surface area contributed by atoms with Crippen LogP contribution in [0.1, 0.15) is 85.4 Å². The van der Waals surface area contributed by atoms with Gasteiger partial charge in [-0.1, -0.05) is 64.0 Å². The van der Waals surface area contributed by atoms with Crippen LogP contribution in [0.3, 0.4) is 0 Å². The summed E-state index contributed by atoms with van der Waals surface area (Å²) in [5, 5.41) is 8.74. The standard InChI is InChI=1S/C21H32O5/c1-2-3-4-5-6-7-8-11-16-25-20(23)18-13-9-10-14-19(18)21(24)26-17-12-15-22/h9-10,13-14,22H,2-8,11-12,15-17H2,1H3. The van der Waals surface area contributed by atoms with Gasteiger partial charge in [0.2, 0.25) is 0 Å². The number of aliphatic hydroxyl groups is 1. The van der Waals surface area contributed by atoms with Crippen molar-refractivity contribution in [3.8, 4) is 0 Å². The van der Waals surface area contributed by atoms with Gasteiger partial charge in [0.05, 0.1) is 24.3 Å². The number of carbonyl (C=O) groups is 2. The van der Waals surface area contributed by atoms with E-state index in [4.69, 9.17) is 14.6 Å². The molecule has 0 heterocycles. The molecule has 0 bridgehead atoms. The van der Waals surface area contributed by atoms with Crippen molar-refractivity contribution in [3.63, 3.8) is 0 Å². The van der Waals surface area contributed by atoms with Gasteiger partial charge < -0.3 is 14.6 Å². The number of aliphatic hydroxyl groups excluding tert-OH is 1. The Hall–Kier alpha value is -1.88. The summed E-state index contributed by atoms with van der Waals surface area (Å²) in [4.78, 5) is 24.3. The van der Waals surface area contributed by atoms with Crippen LogP contribution < -0.4 is 0 Å². The molecule has 0 radical (unpaired) electrons. The normalized spacial score (nSPS) is 10.5. The molecule has 26 heavy (non-hydrogen) atoms. The molecule has 0 fully saturated rings. The predicted molar refractivity (Wildman–Crippen MR) is 101 cm³/mol. The average Bonchev–Trinajstić information content (AvgIpc) is 2.66. The minimum absolute atomic E-state index is 0.0461. The van der Waals surface area contributed by atoms with Gasteiger partial charge in [0.25, 0.3) is 0 Å². The first-order valence-electron chi connectivity index (χ1n) is 9.74. The zero-order valence-electron chi connectivity index (χ0n) is 15.9. The Morgan fingerprint density at radius 2 is 1.23 bits per heavy atom. The van der Waals surface area contributed by atoms with Crippen LogP contribution in [-0.4, -0.2) is 36.9 Å². The van der Waals surface area contributed by atoms with Gasteiger partial charge in [0, 0.05) is 13.0 Å². The van der Waals surface area contributed by atoms with E-state index in [9.17, 15) is 9.59 Å². The van der Waals surface area contributed by atoms with Crippen molar-refractivity contribution in [2.24, 2.45) is 0 Å². The predicted octanol–water partition coefficient (Wildman–Crippen LogP) is 4.52. The Morgan fingerprint density at radius 3 is 1.73 bits per heavy atom. The van der Waals surface area contributed by atoms with Crippen LogP contribution in [0, 0.1) is 0 Å². The van der Waals surface area contributed by atoms with Crippen LogP contribution in [0.15, 0.2) is 24.3 Å². The van der Waals surface area contributed by atoms with Gasteiger partial charge in [-0.2, -0.15) is 0 Å². The van der Waals surface area contributed by atoms with Gasteiger partial charge >= 0.3 is 11.9 Å². The number of hydrogen-bond donors (Lipinski definition) is 1. The monoisotopic (exact) mass is 364 g/mol. The highest BCUT2D eigenvalue weighted by molar-refractivity contribution is 6.03. The smallest absolute Gasteiger partial charge is 0.339 e. The second-order valence-corrected chi connectivity index (χ2v) is 6.37. The van der Waals surface area contributed by atoms with E-state index in [1.54, 1.807) is 24.3 Å². The van der Waals surface area contributed by atoms with Crippen molar-refractivity contribution in [1.82, 2.24) is 0 Å². The number of rotatable bonds is 14. The third-order valence-corrected chi connectivity index (χ3v) is 4.13. The molecular weight excluding hydrogens is 332 g/mol. The van der Waals surface area contributed by atoms with E-state index >= 15 is 0 Å². The fourth-order valence-corrected chi connectivity index (χ4v) is 2.62. The lowest BCUT2D eigenvalue weighted by molar-refractivity contribution is 0.0441. The van der Waals surface area contributed by atoms with Crippen molar-refractivity contribution in [3.05, 3.63) is 35.4 Å². The molecule has 0 atom stereocenters. The largest absolute Gasteiger partial charge is 0.462 e. The SMILES string of the molecule is CCCCCCCCCCOC(=O)c1ccccc1C(=O)OCCCO. The molecule has 0 saturated heterocycles. The molecule has 0 spiro atoms. The van der Waals surface area contributed by atoms with E-state index in [0.717, 1.165) is 19.3 Å². The summed E-state index contributed by atoms with van der Waals surface area (Å²) in [7, 11) is 0. The molecule has 0 saturated carbocycles. The third kappa shape index (κ3) is 8.99. The summed E-state index contributed by atoms with van der Waals surface area (Å²) >= 11 is 0. The van der Waals surface area contributed by atoms with E-state index in [0.29, 0.717) is 13.0 Å². The first kappa shape index (κ1) is 22.2. The molecule has 5 heteroatoms. The van der Waals surface area contributed by atoms with E-state index in [1.165, 1.54) is 32.1 Å². The number of unbranched alkanes of at least 4 members (excludes halogenated alkanes) is 7. The summed E-state index contributed by atoms with van der Waals surface area (Å²) in [6, 6.07) is 6.49. The Labute approximate surface area is 156 Å². The number of carbonyl (C=O) groups excluding carboxylic acids is 2. The number of ether oxygens (including phenoxy) is 2. The quantitative estimate of drug-likeness (QED) is 0.388. The highest BCUT2D eigenvalue weighted by Gasteiger charge is 2.18. The van der Waals surface area contributed by atoms with Crippen LogP contribution in [0.2, 0.25) is 0 Å². The lowest BCUT2D eigenvalue weighted by Gasteiger charge is -2.09. The van der Waals surface area contributed by atoms with Crippen molar-refractivity contribution in [2.75, 3.05) is 19.8 Å². The van der Waals surface area contributed by atoms with Gasteiger partial charge in [-0.15, -0.1) is 0 Å². The third-order valence-electron chi connectivity index (χ3n) is 4.13. The Kier molecular flexibility index (Phi) is 12.2. The Balaban J connectivity index is 2.33. The molecule has 146 valence electrons. The molecule has 0 aromatic heterocycles. The van der Waals surface area contributed by atoms with Gasteiger partial charge in [-0.05, 0) is 18.6 Å². The van der Waals surface area contributed by atoms with Gasteiger partial charge in [-0.25, -0.2) is 9.59 Å². The molecule has 0 aliphatic rings. The molecular formula is C21H32O5. The maximum atomic E-state index is 12.2. The molecule has 0 aliphatic carbocycles. The number of benzene rings is 1. The minimum atomic E-state index is -0.571. The fraction of sp³-hybridized carbons (Fsp3) is 0.619. The topological polar surface area (TPSA) is 72.8 Å². The Morgan fingerprint density at radius 1 is 0.769 bits per heavy atom.